The molecule has 2 N–H and O–H groups in total. The van der Waals surface area contributed by atoms with E-state index in [1.165, 1.54) is 18.2 Å². The number of nitrogens with one attached hydrogen (secondary N) is 2. The Morgan fingerprint density at radius 2 is 1.90 bits per heavy atom. The third-order valence-corrected chi connectivity index (χ3v) is 7.23. The molecule has 12 heteroatoms. The van der Waals surface area contributed by atoms with Crippen molar-refractivity contribution in [1.29, 1.82) is 0 Å². The molecule has 2 aromatic carbocycles. The Bertz CT molecular complexity index is 1220. The molecule has 1 heterocycles. The number of benzene rings is 2. The van der Waals surface area contributed by atoms with E-state index >= 15 is 0 Å². The molecule has 0 aliphatic rings. The van der Waals surface area contributed by atoms with Crippen molar-refractivity contribution in [1.82, 2.24) is 14.9 Å². The molecule has 8 nitrogen and oxygen atoms in total. The number of ether oxygens (including phenoxy) is 1. The lowest BCUT2D eigenvalue weighted by molar-refractivity contribution is 0.102. The highest BCUT2D eigenvalue weighted by Crippen LogP contribution is 2.24. The molecule has 0 aliphatic heterocycles. The van der Waals surface area contributed by atoms with Gasteiger partial charge in [-0.25, -0.2) is 13.1 Å². The minimum Gasteiger partial charge on any atom is -0.492 e. The van der Waals surface area contributed by atoms with Crippen molar-refractivity contribution < 1.29 is 17.9 Å². The van der Waals surface area contributed by atoms with Crippen LogP contribution >= 0.6 is 34.5 Å². The molecule has 3 aromatic rings. The Morgan fingerprint density at radius 1 is 1.13 bits per heavy atom. The Balaban J connectivity index is 1.57. The number of nitrogens with zero attached hydrogens (tertiary/aromatic N) is 2. The lowest BCUT2D eigenvalue weighted by Gasteiger charge is -2.10. The van der Waals surface area contributed by atoms with Crippen molar-refractivity contribution >= 4 is 55.6 Å². The van der Waals surface area contributed by atoms with Crippen molar-refractivity contribution in [2.75, 3.05) is 18.5 Å². The molecule has 3 rings (SSSR count). The quantitative estimate of drug-likeness (QED) is 0.356. The average molecular weight is 501 g/mol. The van der Waals surface area contributed by atoms with E-state index in [0.29, 0.717) is 22.1 Å². The predicted molar refractivity (Wildman–Crippen MR) is 121 cm³/mol. The van der Waals surface area contributed by atoms with Crippen LogP contribution in [0.15, 0.2) is 40.7 Å². The second kappa shape index (κ2) is 9.92. The number of hydrogen-bond acceptors (Lipinski definition) is 7. The van der Waals surface area contributed by atoms with E-state index in [-0.39, 0.29) is 33.2 Å². The number of carbonyl (C=O) groups is 1. The highest BCUT2D eigenvalue weighted by atomic mass is 35.5. The molecule has 0 aliphatic carbocycles. The predicted octanol–water partition coefficient (Wildman–Crippen LogP) is 4.07. The summed E-state index contributed by atoms with van der Waals surface area (Å²) in [4.78, 5) is 12.3. The molecule has 1 aromatic heterocycles. The minimum atomic E-state index is -3.90. The smallest absolute Gasteiger partial charge is 0.269 e. The van der Waals surface area contributed by atoms with Crippen LogP contribution in [0.2, 0.25) is 10.0 Å². The van der Waals surface area contributed by atoms with Gasteiger partial charge in [-0.2, -0.15) is 0 Å². The fraction of sp³-hybridized carbons (Fsp3) is 0.211. The van der Waals surface area contributed by atoms with Crippen molar-refractivity contribution in [2.45, 2.75) is 18.2 Å². The van der Waals surface area contributed by atoms with E-state index in [4.69, 9.17) is 27.9 Å². The van der Waals surface area contributed by atoms with Crippen LogP contribution in [0.5, 0.6) is 5.75 Å². The van der Waals surface area contributed by atoms with E-state index in [9.17, 15) is 13.2 Å². The second-order valence-corrected chi connectivity index (χ2v) is 10.2. The van der Waals surface area contributed by atoms with Gasteiger partial charge in [0.15, 0.2) is 0 Å². The average Bonchev–Trinajstić information content (AvgIpc) is 3.16. The molecule has 1 amide bonds. The minimum absolute atomic E-state index is 0.0166. The zero-order valence-electron chi connectivity index (χ0n) is 16.5. The molecule has 0 unspecified atom stereocenters. The lowest BCUT2D eigenvalue weighted by Crippen LogP contribution is -2.28. The van der Waals surface area contributed by atoms with Crippen LogP contribution < -0.4 is 14.8 Å². The van der Waals surface area contributed by atoms with Crippen LogP contribution in [0.4, 0.5) is 5.13 Å². The zero-order chi connectivity index (χ0) is 22.6. The molecular formula is C19H18Cl2N4O4S2. The maximum Gasteiger partial charge on any atom is 0.269 e. The van der Waals surface area contributed by atoms with E-state index in [0.717, 1.165) is 11.1 Å². The monoisotopic (exact) mass is 500 g/mol. The first-order valence-corrected chi connectivity index (χ1v) is 12.0. The number of anilines is 1. The van der Waals surface area contributed by atoms with E-state index in [1.54, 1.807) is 0 Å². The number of rotatable bonds is 8. The summed E-state index contributed by atoms with van der Waals surface area (Å²) >= 11 is 12.5. The lowest BCUT2D eigenvalue weighted by atomic mass is 10.1. The molecule has 164 valence electrons. The van der Waals surface area contributed by atoms with Gasteiger partial charge in [0.25, 0.3) is 15.9 Å². The summed E-state index contributed by atoms with van der Waals surface area (Å²) in [5.41, 5.74) is 2.25. The fourth-order valence-corrected chi connectivity index (χ4v) is 5.01. The number of halogens is 2. The maximum absolute atomic E-state index is 12.4. The number of amides is 1. The van der Waals surface area contributed by atoms with E-state index in [1.807, 2.05) is 32.0 Å². The summed E-state index contributed by atoms with van der Waals surface area (Å²) in [5.74, 6) is 0.128. The summed E-state index contributed by atoms with van der Waals surface area (Å²) in [6.07, 6.45) is 0. The first-order valence-electron chi connectivity index (χ1n) is 8.95. The van der Waals surface area contributed by atoms with Gasteiger partial charge in [-0.05, 0) is 43.7 Å². The van der Waals surface area contributed by atoms with Gasteiger partial charge in [0.1, 0.15) is 12.4 Å². The molecule has 0 atom stereocenters. The summed E-state index contributed by atoms with van der Waals surface area (Å²) in [5, 5.41) is 10.4. The van der Waals surface area contributed by atoms with Gasteiger partial charge in [-0.3, -0.25) is 10.1 Å². The van der Waals surface area contributed by atoms with E-state index in [2.05, 4.69) is 20.2 Å². The van der Waals surface area contributed by atoms with Crippen molar-refractivity contribution in [3.05, 3.63) is 63.1 Å². The SMILES string of the molecule is Cc1ccc(OCCNS(=O)(=O)c2nnc(NC(=O)c3ccc(Cl)cc3Cl)s2)c(C)c1. The maximum atomic E-state index is 12.4. The zero-order valence-corrected chi connectivity index (χ0v) is 19.6. The van der Waals surface area contributed by atoms with Gasteiger partial charge in [0, 0.05) is 11.6 Å². The first-order chi connectivity index (χ1) is 14.7. The number of hydrogen-bond donors (Lipinski definition) is 2. The number of aromatic nitrogens is 2. The third-order valence-electron chi connectivity index (χ3n) is 4.01. The number of aryl methyl sites for hydroxylation is 2. The molecular weight excluding hydrogens is 483 g/mol. The summed E-state index contributed by atoms with van der Waals surface area (Å²) in [6, 6.07) is 10.1. The Morgan fingerprint density at radius 3 is 2.61 bits per heavy atom. The van der Waals surface area contributed by atoms with Gasteiger partial charge in [-0.1, -0.05) is 52.2 Å². The molecule has 0 bridgehead atoms. The summed E-state index contributed by atoms with van der Waals surface area (Å²) in [7, 11) is -3.90. The van der Waals surface area contributed by atoms with Crippen LogP contribution in [-0.4, -0.2) is 37.7 Å². The molecule has 0 spiro atoms. The van der Waals surface area contributed by atoms with Crippen LogP contribution in [-0.2, 0) is 10.0 Å². The Labute approximate surface area is 193 Å². The van der Waals surface area contributed by atoms with Gasteiger partial charge in [0.2, 0.25) is 9.47 Å². The molecule has 0 saturated heterocycles. The van der Waals surface area contributed by atoms with E-state index < -0.39 is 15.9 Å². The fourth-order valence-electron chi connectivity index (χ4n) is 2.57. The second-order valence-electron chi connectivity index (χ2n) is 6.47. The largest absolute Gasteiger partial charge is 0.492 e. The molecule has 0 saturated carbocycles. The van der Waals surface area contributed by atoms with Crippen LogP contribution in [0.25, 0.3) is 0 Å². The molecule has 31 heavy (non-hydrogen) atoms. The number of sulfonamides is 1. The van der Waals surface area contributed by atoms with Crippen LogP contribution in [0, 0.1) is 13.8 Å². The van der Waals surface area contributed by atoms with Gasteiger partial charge < -0.3 is 4.74 Å². The van der Waals surface area contributed by atoms with Gasteiger partial charge in [0.05, 0.1) is 10.6 Å². The molecule has 0 radical (unpaired) electrons. The normalized spacial score (nSPS) is 11.4. The Kier molecular flexibility index (Phi) is 7.50. The van der Waals surface area contributed by atoms with Crippen molar-refractivity contribution in [2.24, 2.45) is 0 Å². The number of carbonyl (C=O) groups excluding carboxylic acids is 1. The summed E-state index contributed by atoms with van der Waals surface area (Å²) < 4.78 is 32.5. The van der Waals surface area contributed by atoms with Crippen LogP contribution in [0.3, 0.4) is 0 Å². The van der Waals surface area contributed by atoms with Crippen molar-refractivity contribution in [3.63, 3.8) is 0 Å². The topological polar surface area (TPSA) is 110 Å². The molecule has 0 fully saturated rings. The highest BCUT2D eigenvalue weighted by Gasteiger charge is 2.21. The first kappa shape index (κ1) is 23.4. The summed E-state index contributed by atoms with van der Waals surface area (Å²) in [6.45, 7) is 4.08. The van der Waals surface area contributed by atoms with Crippen LogP contribution in [0.1, 0.15) is 21.5 Å². The Hall–Kier alpha value is -2.24. The highest BCUT2D eigenvalue weighted by molar-refractivity contribution is 7.91. The van der Waals surface area contributed by atoms with Gasteiger partial charge >= 0.3 is 0 Å². The standard InChI is InChI=1S/C19H18Cl2N4O4S2/c1-11-3-6-16(12(2)9-11)29-8-7-22-31(27,28)19-25-24-18(30-19)23-17(26)14-5-4-13(20)10-15(14)21/h3-6,9-10,22H,7-8H2,1-2H3,(H,23,24,26). The van der Waals surface area contributed by atoms with Crippen molar-refractivity contribution in [3.8, 4) is 5.75 Å². The third kappa shape index (κ3) is 6.14. The van der Waals surface area contributed by atoms with Gasteiger partial charge in [-0.15, -0.1) is 10.2 Å².